The summed E-state index contributed by atoms with van der Waals surface area (Å²) in [5.74, 6) is 0. The molecule has 0 aliphatic heterocycles. The number of nitrogens with one attached hydrogen (secondary N) is 2. The molecule has 0 aromatic heterocycles. The number of carbonyl (C=O) groups excluding carboxylic acids is 1. The lowest BCUT2D eigenvalue weighted by molar-refractivity contribution is 0.244. The van der Waals surface area contributed by atoms with Crippen LogP contribution >= 0.6 is 27.5 Å². The van der Waals surface area contributed by atoms with E-state index in [1.165, 1.54) is 0 Å². The van der Waals surface area contributed by atoms with Gasteiger partial charge in [0.25, 0.3) is 0 Å². The summed E-state index contributed by atoms with van der Waals surface area (Å²) in [6.45, 7) is 0.551. The summed E-state index contributed by atoms with van der Waals surface area (Å²) in [4.78, 5) is 11.7. The van der Waals surface area contributed by atoms with E-state index >= 15 is 0 Å². The molecule has 0 bridgehead atoms. The summed E-state index contributed by atoms with van der Waals surface area (Å²) in [5, 5.41) is 6.18. The summed E-state index contributed by atoms with van der Waals surface area (Å²) >= 11 is 9.36. The SMILES string of the molecule is O=C(N/C=C/c1ccccc1Br)NCCc1cccc(Cl)c1. The van der Waals surface area contributed by atoms with Gasteiger partial charge in [0.1, 0.15) is 0 Å². The highest BCUT2D eigenvalue weighted by Crippen LogP contribution is 2.16. The lowest BCUT2D eigenvalue weighted by Crippen LogP contribution is -2.33. The van der Waals surface area contributed by atoms with Crippen LogP contribution in [-0.4, -0.2) is 12.6 Å². The largest absolute Gasteiger partial charge is 0.338 e. The van der Waals surface area contributed by atoms with Gasteiger partial charge in [-0.25, -0.2) is 4.79 Å². The third-order valence-corrected chi connectivity index (χ3v) is 3.93. The van der Waals surface area contributed by atoms with Gasteiger partial charge >= 0.3 is 6.03 Å². The third kappa shape index (κ3) is 5.54. The zero-order valence-electron chi connectivity index (χ0n) is 11.9. The molecule has 22 heavy (non-hydrogen) atoms. The van der Waals surface area contributed by atoms with Crippen molar-refractivity contribution in [2.24, 2.45) is 0 Å². The van der Waals surface area contributed by atoms with Crippen molar-refractivity contribution in [1.82, 2.24) is 10.6 Å². The van der Waals surface area contributed by atoms with Crippen LogP contribution in [0.5, 0.6) is 0 Å². The molecule has 114 valence electrons. The van der Waals surface area contributed by atoms with Gasteiger partial charge in [-0.3, -0.25) is 0 Å². The normalized spacial score (nSPS) is 10.6. The Kier molecular flexibility index (Phi) is 6.49. The zero-order chi connectivity index (χ0) is 15.8. The van der Waals surface area contributed by atoms with E-state index in [1.807, 2.05) is 54.6 Å². The summed E-state index contributed by atoms with van der Waals surface area (Å²) in [6.07, 6.45) is 4.19. The fourth-order valence-corrected chi connectivity index (χ4v) is 2.51. The van der Waals surface area contributed by atoms with Gasteiger partial charge in [-0.05, 0) is 41.8 Å². The molecule has 5 heteroatoms. The highest BCUT2D eigenvalue weighted by atomic mass is 79.9. The van der Waals surface area contributed by atoms with Crippen LogP contribution in [-0.2, 0) is 6.42 Å². The fraction of sp³-hybridized carbons (Fsp3) is 0.118. The smallest absolute Gasteiger partial charge is 0.318 e. The van der Waals surface area contributed by atoms with Gasteiger partial charge in [0, 0.05) is 22.2 Å². The van der Waals surface area contributed by atoms with Crippen LogP contribution in [0.1, 0.15) is 11.1 Å². The summed E-state index contributed by atoms with van der Waals surface area (Å²) in [7, 11) is 0. The van der Waals surface area contributed by atoms with E-state index in [0.29, 0.717) is 11.6 Å². The molecule has 2 amide bonds. The maximum atomic E-state index is 11.7. The number of hydrogen-bond donors (Lipinski definition) is 2. The predicted molar refractivity (Wildman–Crippen MR) is 94.9 cm³/mol. The van der Waals surface area contributed by atoms with Crippen LogP contribution in [0, 0.1) is 0 Å². The first-order valence-corrected chi connectivity index (χ1v) is 8.02. The van der Waals surface area contributed by atoms with Gasteiger partial charge in [0.2, 0.25) is 0 Å². The molecule has 2 aromatic carbocycles. The van der Waals surface area contributed by atoms with E-state index in [-0.39, 0.29) is 6.03 Å². The molecule has 0 atom stereocenters. The molecule has 0 unspecified atom stereocenters. The van der Waals surface area contributed by atoms with E-state index in [1.54, 1.807) is 6.20 Å². The van der Waals surface area contributed by atoms with Crippen LogP contribution in [0.15, 0.2) is 59.2 Å². The fourth-order valence-electron chi connectivity index (χ4n) is 1.88. The predicted octanol–water partition coefficient (Wildman–Crippen LogP) is 4.62. The number of rotatable bonds is 5. The number of benzene rings is 2. The number of amides is 2. The van der Waals surface area contributed by atoms with Crippen LogP contribution in [0.3, 0.4) is 0 Å². The quantitative estimate of drug-likeness (QED) is 0.782. The van der Waals surface area contributed by atoms with Crippen molar-refractivity contribution in [2.75, 3.05) is 6.54 Å². The molecule has 0 saturated carbocycles. The van der Waals surface area contributed by atoms with Crippen LogP contribution in [0.2, 0.25) is 5.02 Å². The molecule has 0 saturated heterocycles. The first-order valence-electron chi connectivity index (χ1n) is 6.85. The van der Waals surface area contributed by atoms with Crippen molar-refractivity contribution < 1.29 is 4.79 Å². The summed E-state index contributed by atoms with van der Waals surface area (Å²) < 4.78 is 0.981. The summed E-state index contributed by atoms with van der Waals surface area (Å²) in [5.41, 5.74) is 2.10. The van der Waals surface area contributed by atoms with Crippen molar-refractivity contribution in [1.29, 1.82) is 0 Å². The van der Waals surface area contributed by atoms with Crippen LogP contribution in [0.4, 0.5) is 4.79 Å². The molecule has 2 rings (SSSR count). The van der Waals surface area contributed by atoms with Gasteiger partial charge in [-0.1, -0.05) is 57.9 Å². The first kappa shape index (κ1) is 16.6. The number of urea groups is 1. The van der Waals surface area contributed by atoms with E-state index in [4.69, 9.17) is 11.6 Å². The van der Waals surface area contributed by atoms with Crippen molar-refractivity contribution in [3.05, 3.63) is 75.4 Å². The Hall–Kier alpha value is -1.78. The third-order valence-electron chi connectivity index (χ3n) is 2.97. The Bertz CT molecular complexity index is 673. The van der Waals surface area contributed by atoms with Crippen molar-refractivity contribution in [3.63, 3.8) is 0 Å². The Balaban J connectivity index is 1.73. The van der Waals surface area contributed by atoms with Crippen molar-refractivity contribution in [3.8, 4) is 0 Å². The second-order valence-electron chi connectivity index (χ2n) is 4.64. The van der Waals surface area contributed by atoms with E-state index in [2.05, 4.69) is 26.6 Å². The molecule has 0 heterocycles. The minimum absolute atomic E-state index is 0.231. The Labute approximate surface area is 143 Å². The molecule has 2 aromatic rings. The van der Waals surface area contributed by atoms with Gasteiger partial charge in [-0.15, -0.1) is 0 Å². The van der Waals surface area contributed by atoms with Crippen molar-refractivity contribution >= 4 is 39.6 Å². The van der Waals surface area contributed by atoms with Crippen LogP contribution in [0.25, 0.3) is 6.08 Å². The monoisotopic (exact) mass is 378 g/mol. The van der Waals surface area contributed by atoms with Gasteiger partial charge in [0.05, 0.1) is 0 Å². The molecule has 0 aliphatic rings. The van der Waals surface area contributed by atoms with Gasteiger partial charge in [-0.2, -0.15) is 0 Å². The standard InChI is InChI=1S/C17H16BrClN2O/c18-16-7-2-1-5-14(16)9-11-21-17(22)20-10-8-13-4-3-6-15(19)12-13/h1-7,9,11-12H,8,10H2,(H2,20,21,22)/b11-9+. The number of hydrogen-bond acceptors (Lipinski definition) is 1. The zero-order valence-corrected chi connectivity index (χ0v) is 14.2. The molecule has 0 spiro atoms. The van der Waals surface area contributed by atoms with Crippen molar-refractivity contribution in [2.45, 2.75) is 6.42 Å². The first-order chi connectivity index (χ1) is 10.6. The minimum Gasteiger partial charge on any atom is -0.338 e. The Morgan fingerprint density at radius 3 is 2.77 bits per heavy atom. The molecular weight excluding hydrogens is 364 g/mol. The molecule has 0 aliphatic carbocycles. The Morgan fingerprint density at radius 2 is 2.00 bits per heavy atom. The van der Waals surface area contributed by atoms with Gasteiger partial charge in [0.15, 0.2) is 0 Å². The number of halogens is 2. The number of carbonyl (C=O) groups is 1. The second kappa shape index (κ2) is 8.61. The highest BCUT2D eigenvalue weighted by molar-refractivity contribution is 9.10. The average molecular weight is 380 g/mol. The molecule has 2 N–H and O–H groups in total. The van der Waals surface area contributed by atoms with E-state index < -0.39 is 0 Å². The molecule has 0 fully saturated rings. The van der Waals surface area contributed by atoms with E-state index in [9.17, 15) is 4.79 Å². The molecular formula is C17H16BrClN2O. The highest BCUT2D eigenvalue weighted by Gasteiger charge is 1.99. The minimum atomic E-state index is -0.231. The molecule has 0 radical (unpaired) electrons. The Morgan fingerprint density at radius 1 is 1.18 bits per heavy atom. The summed E-state index contributed by atoms with van der Waals surface area (Å²) in [6, 6.07) is 15.2. The lowest BCUT2D eigenvalue weighted by Gasteiger charge is -2.05. The average Bonchev–Trinajstić information content (AvgIpc) is 2.49. The van der Waals surface area contributed by atoms with Crippen LogP contribution < -0.4 is 10.6 Å². The maximum Gasteiger partial charge on any atom is 0.318 e. The van der Waals surface area contributed by atoms with E-state index in [0.717, 1.165) is 22.0 Å². The lowest BCUT2D eigenvalue weighted by atomic mass is 10.1. The molecule has 3 nitrogen and oxygen atoms in total. The van der Waals surface area contributed by atoms with Gasteiger partial charge < -0.3 is 10.6 Å². The topological polar surface area (TPSA) is 41.1 Å². The maximum absolute atomic E-state index is 11.7. The second-order valence-corrected chi connectivity index (χ2v) is 5.93.